The van der Waals surface area contributed by atoms with Gasteiger partial charge in [0, 0.05) is 0 Å². The highest BCUT2D eigenvalue weighted by molar-refractivity contribution is 5.00. The molecule has 60 valence electrons. The summed E-state index contributed by atoms with van der Waals surface area (Å²) in [5, 5.41) is 3.15. The maximum atomic E-state index is 3.15. The Morgan fingerprint density at radius 3 is 2.50 bits per heavy atom. The molecule has 1 nitrogen and oxygen atoms in total. The molecule has 0 saturated carbocycles. The van der Waals surface area contributed by atoms with Gasteiger partial charge in [-0.05, 0) is 32.9 Å². The van der Waals surface area contributed by atoms with Crippen LogP contribution in [0.25, 0.3) is 0 Å². The van der Waals surface area contributed by atoms with E-state index in [0.717, 1.165) is 6.54 Å². The van der Waals surface area contributed by atoms with E-state index >= 15 is 0 Å². The first-order valence-corrected chi connectivity index (χ1v) is 4.17. The third-order valence-electron chi connectivity index (χ3n) is 1.64. The summed E-state index contributed by atoms with van der Waals surface area (Å²) in [6, 6.07) is 0. The SMILES string of the molecule is CC/C=C(\CC)CCNC. The Bertz CT molecular complexity index is 94.9. The van der Waals surface area contributed by atoms with Gasteiger partial charge in [0.15, 0.2) is 0 Å². The monoisotopic (exact) mass is 141 g/mol. The minimum Gasteiger partial charge on any atom is -0.319 e. The van der Waals surface area contributed by atoms with Crippen molar-refractivity contribution in [1.82, 2.24) is 5.32 Å². The molecular weight excluding hydrogens is 122 g/mol. The summed E-state index contributed by atoms with van der Waals surface area (Å²) in [4.78, 5) is 0. The van der Waals surface area contributed by atoms with Crippen molar-refractivity contribution in [3.8, 4) is 0 Å². The fourth-order valence-corrected chi connectivity index (χ4v) is 0.997. The second-order valence-electron chi connectivity index (χ2n) is 2.48. The lowest BCUT2D eigenvalue weighted by Gasteiger charge is -2.02. The average molecular weight is 141 g/mol. The summed E-state index contributed by atoms with van der Waals surface area (Å²) in [5.41, 5.74) is 1.58. The first-order chi connectivity index (χ1) is 4.85. The van der Waals surface area contributed by atoms with Gasteiger partial charge >= 0.3 is 0 Å². The molecule has 0 spiro atoms. The van der Waals surface area contributed by atoms with Crippen molar-refractivity contribution in [3.63, 3.8) is 0 Å². The van der Waals surface area contributed by atoms with Gasteiger partial charge in [-0.25, -0.2) is 0 Å². The van der Waals surface area contributed by atoms with Gasteiger partial charge in [0.1, 0.15) is 0 Å². The summed E-state index contributed by atoms with van der Waals surface area (Å²) in [6.07, 6.45) is 5.92. The van der Waals surface area contributed by atoms with Crippen LogP contribution >= 0.6 is 0 Å². The lowest BCUT2D eigenvalue weighted by molar-refractivity contribution is 0.764. The van der Waals surface area contributed by atoms with E-state index in [1.807, 2.05) is 7.05 Å². The molecule has 0 aromatic heterocycles. The molecule has 1 heteroatoms. The van der Waals surface area contributed by atoms with Gasteiger partial charge in [0.05, 0.1) is 0 Å². The van der Waals surface area contributed by atoms with Crippen molar-refractivity contribution in [1.29, 1.82) is 0 Å². The van der Waals surface area contributed by atoms with Crippen molar-refractivity contribution in [2.75, 3.05) is 13.6 Å². The molecule has 0 amide bonds. The molecule has 0 saturated heterocycles. The quantitative estimate of drug-likeness (QED) is 0.579. The Labute approximate surface area is 64.5 Å². The maximum Gasteiger partial charge on any atom is -0.00146 e. The highest BCUT2D eigenvalue weighted by atomic mass is 14.8. The van der Waals surface area contributed by atoms with Crippen LogP contribution in [0.5, 0.6) is 0 Å². The van der Waals surface area contributed by atoms with Crippen LogP contribution in [0.3, 0.4) is 0 Å². The van der Waals surface area contributed by atoms with Crippen molar-refractivity contribution in [3.05, 3.63) is 11.6 Å². The normalized spacial score (nSPS) is 12.1. The van der Waals surface area contributed by atoms with E-state index in [-0.39, 0.29) is 0 Å². The molecule has 1 N–H and O–H groups in total. The van der Waals surface area contributed by atoms with Crippen LogP contribution < -0.4 is 5.32 Å². The summed E-state index contributed by atoms with van der Waals surface area (Å²) >= 11 is 0. The van der Waals surface area contributed by atoms with Crippen molar-refractivity contribution in [2.45, 2.75) is 33.1 Å². The smallest absolute Gasteiger partial charge is 0.00146 e. The lowest BCUT2D eigenvalue weighted by Crippen LogP contribution is -2.08. The summed E-state index contributed by atoms with van der Waals surface area (Å²) in [7, 11) is 2.00. The summed E-state index contributed by atoms with van der Waals surface area (Å²) in [5.74, 6) is 0. The topological polar surface area (TPSA) is 12.0 Å². The van der Waals surface area contributed by atoms with Crippen LogP contribution in [-0.4, -0.2) is 13.6 Å². The van der Waals surface area contributed by atoms with Crippen molar-refractivity contribution >= 4 is 0 Å². The number of hydrogen-bond acceptors (Lipinski definition) is 1. The molecule has 0 unspecified atom stereocenters. The van der Waals surface area contributed by atoms with Crippen molar-refractivity contribution in [2.24, 2.45) is 0 Å². The summed E-state index contributed by atoms with van der Waals surface area (Å²) in [6.45, 7) is 5.52. The van der Waals surface area contributed by atoms with Gasteiger partial charge < -0.3 is 5.32 Å². The molecule has 0 fully saturated rings. The molecule has 0 atom stereocenters. The summed E-state index contributed by atoms with van der Waals surface area (Å²) < 4.78 is 0. The van der Waals surface area contributed by atoms with Gasteiger partial charge in [-0.3, -0.25) is 0 Å². The third kappa shape index (κ3) is 4.57. The van der Waals surface area contributed by atoms with Gasteiger partial charge in [-0.2, -0.15) is 0 Å². The van der Waals surface area contributed by atoms with E-state index < -0.39 is 0 Å². The van der Waals surface area contributed by atoms with Crippen LogP contribution in [0, 0.1) is 0 Å². The highest BCUT2D eigenvalue weighted by Gasteiger charge is 1.90. The molecule has 10 heavy (non-hydrogen) atoms. The highest BCUT2D eigenvalue weighted by Crippen LogP contribution is 2.05. The Morgan fingerprint density at radius 2 is 2.10 bits per heavy atom. The van der Waals surface area contributed by atoms with Crippen LogP contribution in [0.2, 0.25) is 0 Å². The van der Waals surface area contributed by atoms with Gasteiger partial charge in [0.2, 0.25) is 0 Å². The first-order valence-electron chi connectivity index (χ1n) is 4.17. The number of rotatable bonds is 5. The van der Waals surface area contributed by atoms with Crippen LogP contribution in [0.15, 0.2) is 11.6 Å². The lowest BCUT2D eigenvalue weighted by atomic mass is 10.1. The molecule has 0 aliphatic heterocycles. The number of nitrogens with one attached hydrogen (secondary N) is 1. The molecule has 0 radical (unpaired) electrons. The van der Waals surface area contributed by atoms with Gasteiger partial charge in [0.25, 0.3) is 0 Å². The van der Waals surface area contributed by atoms with E-state index in [1.165, 1.54) is 19.3 Å². The Balaban J connectivity index is 3.49. The molecular formula is C9H19N. The van der Waals surface area contributed by atoms with E-state index in [2.05, 4.69) is 25.2 Å². The minimum absolute atomic E-state index is 1.11. The van der Waals surface area contributed by atoms with Crippen LogP contribution in [-0.2, 0) is 0 Å². The fourth-order valence-electron chi connectivity index (χ4n) is 0.997. The predicted molar refractivity (Wildman–Crippen MR) is 47.2 cm³/mol. The van der Waals surface area contributed by atoms with Crippen molar-refractivity contribution < 1.29 is 0 Å². The fraction of sp³-hybridized carbons (Fsp3) is 0.778. The van der Waals surface area contributed by atoms with Crippen LogP contribution in [0.1, 0.15) is 33.1 Å². The number of hydrogen-bond donors (Lipinski definition) is 1. The van der Waals surface area contributed by atoms with E-state index in [1.54, 1.807) is 5.57 Å². The molecule has 0 bridgehead atoms. The zero-order chi connectivity index (χ0) is 7.82. The van der Waals surface area contributed by atoms with E-state index in [0.29, 0.717) is 0 Å². The second kappa shape index (κ2) is 6.81. The largest absolute Gasteiger partial charge is 0.319 e. The van der Waals surface area contributed by atoms with E-state index in [9.17, 15) is 0 Å². The Hall–Kier alpha value is -0.300. The van der Waals surface area contributed by atoms with Gasteiger partial charge in [-0.1, -0.05) is 25.5 Å². The molecule has 0 aromatic rings. The molecule has 0 aliphatic carbocycles. The predicted octanol–water partition coefficient (Wildman–Crippen LogP) is 2.34. The molecule has 0 rings (SSSR count). The van der Waals surface area contributed by atoms with E-state index in [4.69, 9.17) is 0 Å². The average Bonchev–Trinajstić information content (AvgIpc) is 1.98. The van der Waals surface area contributed by atoms with Crippen LogP contribution in [0.4, 0.5) is 0 Å². The van der Waals surface area contributed by atoms with Gasteiger partial charge in [-0.15, -0.1) is 0 Å². The molecule has 0 aromatic carbocycles. The number of allylic oxidation sites excluding steroid dienone is 1. The maximum absolute atomic E-state index is 3.15. The Morgan fingerprint density at radius 1 is 1.40 bits per heavy atom. The zero-order valence-electron chi connectivity index (χ0n) is 7.41. The minimum atomic E-state index is 1.11. The molecule has 0 aliphatic rings. The molecule has 0 heterocycles. The second-order valence-corrected chi connectivity index (χ2v) is 2.48. The first kappa shape index (κ1) is 9.70. The Kier molecular flexibility index (Phi) is 6.61. The zero-order valence-corrected chi connectivity index (χ0v) is 7.41. The third-order valence-corrected chi connectivity index (χ3v) is 1.64. The standard InChI is InChI=1S/C9H19N/c1-4-6-9(5-2)7-8-10-3/h6,10H,4-5,7-8H2,1-3H3/b9-6+.